The van der Waals surface area contributed by atoms with E-state index in [0.29, 0.717) is 40.7 Å². The Labute approximate surface area is 188 Å². The lowest BCUT2D eigenvalue weighted by atomic mass is 10.1. The number of hydrogen-bond donors (Lipinski definition) is 1. The van der Waals surface area contributed by atoms with E-state index in [2.05, 4.69) is 36.5 Å². The van der Waals surface area contributed by atoms with E-state index in [4.69, 9.17) is 32.7 Å². The Bertz CT molecular complexity index is 947. The van der Waals surface area contributed by atoms with Crippen LogP contribution in [0.15, 0.2) is 66.7 Å². The van der Waals surface area contributed by atoms with E-state index in [-0.39, 0.29) is 0 Å². The lowest BCUT2D eigenvalue weighted by Gasteiger charge is -2.17. The van der Waals surface area contributed by atoms with E-state index >= 15 is 0 Å². The molecule has 158 valence electrons. The highest BCUT2D eigenvalue weighted by atomic mass is 35.5. The molecule has 0 fully saturated rings. The van der Waals surface area contributed by atoms with E-state index in [0.717, 1.165) is 24.0 Å². The van der Waals surface area contributed by atoms with Crippen molar-refractivity contribution in [1.29, 1.82) is 0 Å². The third-order valence-corrected chi connectivity index (χ3v) is 5.44. The summed E-state index contributed by atoms with van der Waals surface area (Å²) in [5.74, 6) is 1.17. The first-order chi connectivity index (χ1) is 14.5. The standard InChI is InChI=1S/C25H27Cl2NO2/c1-18(11-12-19-7-4-3-5-8-19)28-16-21-14-23(27)25(24(15-21)29-2)30-17-20-9-6-10-22(26)13-20/h3-10,13-15,18,28H,11-12,16-17H2,1-2H3. The van der Waals surface area contributed by atoms with Crippen LogP contribution >= 0.6 is 23.2 Å². The van der Waals surface area contributed by atoms with Gasteiger partial charge in [0.05, 0.1) is 12.1 Å². The minimum Gasteiger partial charge on any atom is -0.493 e. The molecule has 0 heterocycles. The van der Waals surface area contributed by atoms with Crippen LogP contribution in [0.1, 0.15) is 30.0 Å². The predicted octanol–water partition coefficient (Wildman–Crippen LogP) is 6.69. The van der Waals surface area contributed by atoms with E-state index in [1.807, 2.05) is 42.5 Å². The summed E-state index contributed by atoms with van der Waals surface area (Å²) in [5.41, 5.74) is 3.38. The second-order valence-electron chi connectivity index (χ2n) is 7.33. The maximum absolute atomic E-state index is 6.51. The molecule has 0 aliphatic rings. The molecule has 30 heavy (non-hydrogen) atoms. The van der Waals surface area contributed by atoms with Gasteiger partial charge in [-0.1, -0.05) is 65.7 Å². The first-order valence-corrected chi connectivity index (χ1v) is 10.8. The lowest BCUT2D eigenvalue weighted by Crippen LogP contribution is -2.26. The summed E-state index contributed by atoms with van der Waals surface area (Å²) in [6.07, 6.45) is 2.12. The minimum atomic E-state index is 0.366. The second-order valence-corrected chi connectivity index (χ2v) is 8.18. The molecule has 1 N–H and O–H groups in total. The molecule has 3 nitrogen and oxygen atoms in total. The van der Waals surface area contributed by atoms with Crippen LogP contribution in [-0.2, 0) is 19.6 Å². The molecule has 3 aromatic rings. The highest BCUT2D eigenvalue weighted by Gasteiger charge is 2.13. The number of ether oxygens (including phenoxy) is 2. The van der Waals surface area contributed by atoms with Crippen LogP contribution in [0.25, 0.3) is 0 Å². The first kappa shape index (κ1) is 22.5. The molecule has 3 rings (SSSR count). The number of methoxy groups -OCH3 is 1. The zero-order valence-corrected chi connectivity index (χ0v) is 18.8. The van der Waals surface area contributed by atoms with Crippen molar-refractivity contribution < 1.29 is 9.47 Å². The second kappa shape index (κ2) is 11.3. The van der Waals surface area contributed by atoms with Crippen molar-refractivity contribution in [2.24, 2.45) is 0 Å². The summed E-state index contributed by atoms with van der Waals surface area (Å²) < 4.78 is 11.5. The maximum Gasteiger partial charge on any atom is 0.180 e. The molecule has 1 atom stereocenters. The van der Waals surface area contributed by atoms with Gasteiger partial charge < -0.3 is 14.8 Å². The van der Waals surface area contributed by atoms with Crippen molar-refractivity contribution in [2.75, 3.05) is 7.11 Å². The molecule has 0 amide bonds. The van der Waals surface area contributed by atoms with Gasteiger partial charge in [-0.15, -0.1) is 0 Å². The lowest BCUT2D eigenvalue weighted by molar-refractivity contribution is 0.284. The van der Waals surface area contributed by atoms with Crippen molar-refractivity contribution in [1.82, 2.24) is 5.32 Å². The molecule has 1 unspecified atom stereocenters. The Morgan fingerprint density at radius 2 is 1.67 bits per heavy atom. The molecule has 0 saturated carbocycles. The minimum absolute atomic E-state index is 0.366. The Morgan fingerprint density at radius 1 is 0.900 bits per heavy atom. The SMILES string of the molecule is COc1cc(CNC(C)CCc2ccccc2)cc(Cl)c1OCc1cccc(Cl)c1. The molecule has 0 aliphatic heterocycles. The molecular weight excluding hydrogens is 417 g/mol. The Balaban J connectivity index is 1.57. The van der Waals surface area contributed by atoms with Crippen molar-refractivity contribution in [3.63, 3.8) is 0 Å². The zero-order valence-electron chi connectivity index (χ0n) is 17.3. The third-order valence-electron chi connectivity index (χ3n) is 4.92. The molecular formula is C25H27Cl2NO2. The fourth-order valence-corrected chi connectivity index (χ4v) is 3.72. The number of benzene rings is 3. The van der Waals surface area contributed by atoms with Crippen molar-refractivity contribution >= 4 is 23.2 Å². The molecule has 0 spiro atoms. The number of rotatable bonds is 10. The molecule has 0 radical (unpaired) electrons. The molecule has 5 heteroatoms. The van der Waals surface area contributed by atoms with Crippen LogP contribution in [0.5, 0.6) is 11.5 Å². The van der Waals surface area contributed by atoms with Gasteiger partial charge >= 0.3 is 0 Å². The summed E-state index contributed by atoms with van der Waals surface area (Å²) in [4.78, 5) is 0. The summed E-state index contributed by atoms with van der Waals surface area (Å²) in [6, 6.07) is 22.4. The Hall–Kier alpha value is -2.20. The van der Waals surface area contributed by atoms with Gasteiger partial charge in [0.1, 0.15) is 6.61 Å². The summed E-state index contributed by atoms with van der Waals surface area (Å²) in [5, 5.41) is 4.77. The van der Waals surface area contributed by atoms with Crippen molar-refractivity contribution in [2.45, 2.75) is 39.0 Å². The molecule has 3 aromatic carbocycles. The van der Waals surface area contributed by atoms with Crippen LogP contribution in [-0.4, -0.2) is 13.2 Å². The molecule has 0 saturated heterocycles. The first-order valence-electron chi connectivity index (χ1n) is 10.1. The Kier molecular flexibility index (Phi) is 8.44. The average Bonchev–Trinajstić information content (AvgIpc) is 2.76. The van der Waals surface area contributed by atoms with E-state index in [1.165, 1.54) is 5.56 Å². The highest BCUT2D eigenvalue weighted by molar-refractivity contribution is 6.32. The van der Waals surface area contributed by atoms with Gasteiger partial charge in [0.25, 0.3) is 0 Å². The maximum atomic E-state index is 6.51. The topological polar surface area (TPSA) is 30.5 Å². The normalized spacial score (nSPS) is 11.9. The average molecular weight is 444 g/mol. The summed E-state index contributed by atoms with van der Waals surface area (Å²) >= 11 is 12.5. The van der Waals surface area contributed by atoms with Gasteiger partial charge in [0, 0.05) is 17.6 Å². The van der Waals surface area contributed by atoms with Gasteiger partial charge in [-0.25, -0.2) is 0 Å². The van der Waals surface area contributed by atoms with Crippen LogP contribution < -0.4 is 14.8 Å². The number of halogens is 2. The van der Waals surface area contributed by atoms with Gasteiger partial charge in [0.15, 0.2) is 11.5 Å². The van der Waals surface area contributed by atoms with Crippen LogP contribution in [0.2, 0.25) is 10.0 Å². The summed E-state index contributed by atoms with van der Waals surface area (Å²) in [7, 11) is 1.62. The fourth-order valence-electron chi connectivity index (χ4n) is 3.22. The quantitative estimate of drug-likeness (QED) is 0.378. The van der Waals surface area contributed by atoms with Gasteiger partial charge in [-0.05, 0) is 60.7 Å². The van der Waals surface area contributed by atoms with Crippen LogP contribution in [0, 0.1) is 0 Å². The monoisotopic (exact) mass is 443 g/mol. The molecule has 0 bridgehead atoms. The van der Waals surface area contributed by atoms with Crippen LogP contribution in [0.3, 0.4) is 0 Å². The molecule has 0 aromatic heterocycles. The zero-order chi connectivity index (χ0) is 21.3. The Morgan fingerprint density at radius 3 is 2.40 bits per heavy atom. The predicted molar refractivity (Wildman–Crippen MR) is 125 cm³/mol. The van der Waals surface area contributed by atoms with Gasteiger partial charge in [0.2, 0.25) is 0 Å². The van der Waals surface area contributed by atoms with Crippen molar-refractivity contribution in [3.05, 3.63) is 93.5 Å². The largest absolute Gasteiger partial charge is 0.493 e. The highest BCUT2D eigenvalue weighted by Crippen LogP contribution is 2.37. The molecule has 0 aliphatic carbocycles. The smallest absolute Gasteiger partial charge is 0.180 e. The fraction of sp³-hybridized carbons (Fsp3) is 0.280. The van der Waals surface area contributed by atoms with Crippen LogP contribution in [0.4, 0.5) is 0 Å². The van der Waals surface area contributed by atoms with Gasteiger partial charge in [-0.2, -0.15) is 0 Å². The number of aryl methyl sites for hydroxylation is 1. The third kappa shape index (κ3) is 6.66. The summed E-state index contributed by atoms with van der Waals surface area (Å²) in [6.45, 7) is 3.27. The number of nitrogens with one attached hydrogen (secondary N) is 1. The van der Waals surface area contributed by atoms with E-state index < -0.39 is 0 Å². The van der Waals surface area contributed by atoms with Gasteiger partial charge in [-0.3, -0.25) is 0 Å². The van der Waals surface area contributed by atoms with E-state index in [1.54, 1.807) is 7.11 Å². The number of hydrogen-bond acceptors (Lipinski definition) is 3. The van der Waals surface area contributed by atoms with Crippen molar-refractivity contribution in [3.8, 4) is 11.5 Å². The van der Waals surface area contributed by atoms with E-state index in [9.17, 15) is 0 Å².